The Kier molecular flexibility index (Phi) is 13.3. The SMILES string of the molecule is c1ccc(-n2c3ccccc3c3oc4c(-c5ccc6c(c5)oc5cc(-c7ccc8c(c7)sc7c9ccccc9n(-c9ccccc9)c87)ccc56)cccc4c32)cc1.c1ccc(-n2c3ccccc3c3oc4cc(-c5ccc6c(c5)oc5cc(-c7cccc8c7oc7c9ccccc9n(-c9ccccc9)c87)ccc56)ccc4c32)cc1. The molecule has 26 aromatic rings. The number of hydrogen-bond acceptors (Lipinski definition) is 6. The quantitative estimate of drug-likeness (QED) is 0.151. The molecule has 0 saturated heterocycles. The highest BCUT2D eigenvalue weighted by Crippen LogP contribution is 2.49. The van der Waals surface area contributed by atoms with E-state index in [1.807, 2.05) is 11.3 Å². The van der Waals surface area contributed by atoms with Gasteiger partial charge < -0.3 is 40.4 Å². The van der Waals surface area contributed by atoms with E-state index in [4.69, 9.17) is 22.1 Å². The Morgan fingerprint density at radius 1 is 0.184 bits per heavy atom. The molecule has 0 aliphatic rings. The largest absolute Gasteiger partial charge is 0.456 e. The van der Waals surface area contributed by atoms with Crippen LogP contribution in [0.1, 0.15) is 0 Å². The van der Waals surface area contributed by atoms with Gasteiger partial charge in [-0.2, -0.15) is 0 Å². The van der Waals surface area contributed by atoms with Gasteiger partial charge in [-0.1, -0.05) is 194 Å². The predicted octanol–water partition coefficient (Wildman–Crippen LogP) is 29.7. The molecule has 532 valence electrons. The number of fused-ring (bicyclic) bond motifs is 26. The van der Waals surface area contributed by atoms with Crippen LogP contribution >= 0.6 is 11.3 Å². The van der Waals surface area contributed by atoms with Crippen molar-refractivity contribution in [2.75, 3.05) is 0 Å². The van der Waals surface area contributed by atoms with Crippen LogP contribution in [0.3, 0.4) is 0 Å². The van der Waals surface area contributed by atoms with Crippen molar-refractivity contribution in [3.8, 4) is 67.3 Å². The monoisotopic (exact) mass is 1480 g/mol. The highest BCUT2D eigenvalue weighted by molar-refractivity contribution is 7.26. The first-order valence-corrected chi connectivity index (χ1v) is 39.3. The minimum atomic E-state index is 0.838. The number of rotatable bonds is 8. The minimum Gasteiger partial charge on any atom is -0.456 e. The number of benzene rings is 16. The Balaban J connectivity index is 0.000000129. The summed E-state index contributed by atoms with van der Waals surface area (Å²) in [5.74, 6) is 0. The number of nitrogens with zero attached hydrogens (tertiary/aromatic N) is 4. The third-order valence-electron chi connectivity index (χ3n) is 23.5. The number of hydrogen-bond donors (Lipinski definition) is 0. The molecule has 10 aromatic heterocycles. The summed E-state index contributed by atoms with van der Waals surface area (Å²) < 4.78 is 45.6. The van der Waals surface area contributed by atoms with Crippen molar-refractivity contribution in [2.45, 2.75) is 0 Å². The van der Waals surface area contributed by atoms with Crippen molar-refractivity contribution in [1.29, 1.82) is 0 Å². The average Bonchev–Trinajstić information content (AvgIpc) is 1.57. The molecule has 0 amide bonds. The summed E-state index contributed by atoms with van der Waals surface area (Å²) in [6.07, 6.45) is 0. The molecule has 0 spiro atoms. The van der Waals surface area contributed by atoms with Crippen molar-refractivity contribution in [3.05, 3.63) is 364 Å². The second-order valence-corrected chi connectivity index (χ2v) is 30.8. The fraction of sp³-hybridized carbons (Fsp3) is 0. The Hall–Kier alpha value is -15.1. The van der Waals surface area contributed by atoms with Gasteiger partial charge in [0.1, 0.15) is 55.6 Å². The normalized spacial score (nSPS) is 12.2. The molecule has 26 rings (SSSR count). The molecule has 0 N–H and O–H groups in total. The van der Waals surface area contributed by atoms with Crippen molar-refractivity contribution in [3.63, 3.8) is 0 Å². The van der Waals surface area contributed by atoms with Crippen LogP contribution < -0.4 is 0 Å². The Morgan fingerprint density at radius 2 is 0.482 bits per heavy atom. The highest BCUT2D eigenvalue weighted by Gasteiger charge is 2.27. The van der Waals surface area contributed by atoms with Crippen LogP contribution in [0, 0.1) is 0 Å². The Labute approximate surface area is 652 Å². The molecule has 10 heteroatoms. The van der Waals surface area contributed by atoms with Gasteiger partial charge in [0.25, 0.3) is 0 Å². The number of furan rings is 5. The summed E-state index contributed by atoms with van der Waals surface area (Å²) in [5, 5.41) is 13.5. The zero-order valence-corrected chi connectivity index (χ0v) is 61.7. The summed E-state index contributed by atoms with van der Waals surface area (Å²) >= 11 is 1.87. The van der Waals surface area contributed by atoms with E-state index >= 15 is 0 Å². The molecule has 16 aromatic carbocycles. The molecule has 0 aliphatic carbocycles. The van der Waals surface area contributed by atoms with Gasteiger partial charge >= 0.3 is 0 Å². The fourth-order valence-electron chi connectivity index (χ4n) is 18.4. The third kappa shape index (κ3) is 9.22. The predicted molar refractivity (Wildman–Crippen MR) is 471 cm³/mol. The lowest BCUT2D eigenvalue weighted by atomic mass is 10.0. The molecule has 0 radical (unpaired) electrons. The molecule has 0 fully saturated rings. The van der Waals surface area contributed by atoms with Crippen LogP contribution in [0.5, 0.6) is 0 Å². The van der Waals surface area contributed by atoms with Gasteiger partial charge in [0.15, 0.2) is 16.7 Å². The van der Waals surface area contributed by atoms with Gasteiger partial charge in [-0.3, -0.25) is 0 Å². The zero-order valence-electron chi connectivity index (χ0n) is 60.9. The summed E-state index contributed by atoms with van der Waals surface area (Å²) in [6.45, 7) is 0. The lowest BCUT2D eigenvalue weighted by Crippen LogP contribution is -1.92. The summed E-state index contributed by atoms with van der Waals surface area (Å²) in [4.78, 5) is 0. The van der Waals surface area contributed by atoms with Gasteiger partial charge in [-0.05, 0) is 203 Å². The van der Waals surface area contributed by atoms with E-state index in [-0.39, 0.29) is 0 Å². The highest BCUT2D eigenvalue weighted by atomic mass is 32.1. The minimum absolute atomic E-state index is 0.838. The van der Waals surface area contributed by atoms with E-state index in [1.165, 1.54) is 42.5 Å². The maximum atomic E-state index is 6.83. The van der Waals surface area contributed by atoms with Gasteiger partial charge in [0.2, 0.25) is 0 Å². The molecular weight excluding hydrogens is 1420 g/mol. The molecule has 10 heterocycles. The summed E-state index contributed by atoms with van der Waals surface area (Å²) in [6, 6.07) is 129. The first kappa shape index (κ1) is 62.8. The van der Waals surface area contributed by atoms with Crippen LogP contribution in [0.4, 0.5) is 0 Å². The maximum Gasteiger partial charge on any atom is 0.161 e. The van der Waals surface area contributed by atoms with E-state index in [2.05, 4.69) is 382 Å². The topological polar surface area (TPSA) is 85.4 Å². The second-order valence-electron chi connectivity index (χ2n) is 29.7. The lowest BCUT2D eigenvalue weighted by Gasteiger charge is -2.08. The smallest absolute Gasteiger partial charge is 0.161 e. The number of aromatic nitrogens is 4. The molecule has 0 saturated carbocycles. The first-order chi connectivity index (χ1) is 56.5. The Morgan fingerprint density at radius 3 is 0.904 bits per heavy atom. The maximum absolute atomic E-state index is 6.83. The van der Waals surface area contributed by atoms with E-state index in [9.17, 15) is 0 Å². The van der Waals surface area contributed by atoms with Crippen molar-refractivity contribution >= 4 is 185 Å². The first-order valence-electron chi connectivity index (χ1n) is 38.5. The van der Waals surface area contributed by atoms with E-state index in [1.54, 1.807) is 0 Å². The van der Waals surface area contributed by atoms with Crippen LogP contribution in [0.15, 0.2) is 386 Å². The van der Waals surface area contributed by atoms with Gasteiger partial charge in [-0.25, -0.2) is 0 Å². The van der Waals surface area contributed by atoms with Crippen molar-refractivity contribution in [1.82, 2.24) is 18.3 Å². The van der Waals surface area contributed by atoms with Crippen LogP contribution in [0.2, 0.25) is 0 Å². The van der Waals surface area contributed by atoms with E-state index in [0.717, 1.165) is 199 Å². The van der Waals surface area contributed by atoms with Crippen LogP contribution in [-0.2, 0) is 0 Å². The van der Waals surface area contributed by atoms with Crippen molar-refractivity contribution in [2.24, 2.45) is 0 Å². The summed E-state index contributed by atoms with van der Waals surface area (Å²) in [5.41, 5.74) is 31.0. The molecule has 0 aliphatic heterocycles. The second kappa shape index (κ2) is 24.2. The molecule has 0 bridgehead atoms. The summed E-state index contributed by atoms with van der Waals surface area (Å²) in [7, 11) is 0. The fourth-order valence-corrected chi connectivity index (χ4v) is 19.6. The van der Waals surface area contributed by atoms with E-state index < -0.39 is 0 Å². The van der Waals surface area contributed by atoms with Crippen LogP contribution in [-0.4, -0.2) is 18.3 Å². The Bertz CT molecular complexity index is 7990. The average molecular weight is 1480 g/mol. The van der Waals surface area contributed by atoms with Gasteiger partial charge in [-0.15, -0.1) is 11.3 Å². The zero-order chi connectivity index (χ0) is 74.4. The van der Waals surface area contributed by atoms with Gasteiger partial charge in [0.05, 0.1) is 32.3 Å². The van der Waals surface area contributed by atoms with E-state index in [0.29, 0.717) is 0 Å². The molecular formula is C104H60N4O5S. The molecule has 0 atom stereocenters. The standard InChI is InChI=1S/C52H30N2O3.C52H30N2O2S/c1-3-12-34(13-4-1)53-43-20-9-7-16-39(43)51-48(53)41-27-23-32(29-47(41)56-51)31-22-25-37-38-26-24-33(30-46(38)55-45(37)28-31)36-18-11-19-42-49-52(57-50(36)42)40-17-8-10-21-44(40)54(49)35-14-5-2-6-15-35;1-3-12-34(13-4-1)53-43-20-9-7-16-39(43)51-48(53)42-19-11-18-36(50(42)56-51)33-24-26-38-37-25-22-31(28-45(37)55-46(38)29-33)32-23-27-41-47(30-32)57-52-40-17-8-10-21-44(40)54(49(41)52)35-14-5-2-6-15-35/h2*1-30H. The van der Waals surface area contributed by atoms with Crippen LogP contribution in [0.25, 0.3) is 241 Å². The lowest BCUT2D eigenvalue weighted by molar-refractivity contribution is 0.668. The third-order valence-corrected chi connectivity index (χ3v) is 24.6. The molecule has 0 unspecified atom stereocenters. The molecule has 9 nitrogen and oxygen atoms in total. The van der Waals surface area contributed by atoms with Gasteiger partial charge in [0, 0.05) is 103 Å². The van der Waals surface area contributed by atoms with Crippen molar-refractivity contribution < 1.29 is 22.1 Å². The number of para-hydroxylation sites is 10. The number of thiophene rings is 1. The molecule has 114 heavy (non-hydrogen) atoms.